The summed E-state index contributed by atoms with van der Waals surface area (Å²) < 4.78 is 0. The summed E-state index contributed by atoms with van der Waals surface area (Å²) in [6.07, 6.45) is 2.01. The van der Waals surface area contributed by atoms with Crippen LogP contribution in [0.1, 0.15) is 47.0 Å². The van der Waals surface area contributed by atoms with Crippen molar-refractivity contribution in [3.63, 3.8) is 0 Å². The van der Waals surface area contributed by atoms with Crippen molar-refractivity contribution in [1.29, 1.82) is 0 Å². The summed E-state index contributed by atoms with van der Waals surface area (Å²) in [5, 5.41) is 11.7. The van der Waals surface area contributed by atoms with Gasteiger partial charge in [0.2, 0.25) is 0 Å². The molecule has 1 rings (SSSR count). The van der Waals surface area contributed by atoms with Crippen LogP contribution in [0.5, 0.6) is 0 Å². The second-order valence-corrected chi connectivity index (χ2v) is 6.19. The molecule has 0 saturated heterocycles. The molecule has 2 amide bonds. The maximum absolute atomic E-state index is 12.1. The van der Waals surface area contributed by atoms with Crippen molar-refractivity contribution in [2.75, 3.05) is 6.54 Å². The van der Waals surface area contributed by atoms with Crippen LogP contribution in [-0.4, -0.2) is 40.1 Å². The monoisotopic (exact) mass is 256 g/mol. The highest BCUT2D eigenvalue weighted by molar-refractivity contribution is 5.76. The predicted molar refractivity (Wildman–Crippen MR) is 69.4 cm³/mol. The van der Waals surface area contributed by atoms with Gasteiger partial charge in [-0.3, -0.25) is 4.79 Å². The zero-order valence-electron chi connectivity index (χ0n) is 11.7. The van der Waals surface area contributed by atoms with Crippen LogP contribution < -0.4 is 5.32 Å². The average Bonchev–Trinajstić information content (AvgIpc) is 2.12. The van der Waals surface area contributed by atoms with Crippen LogP contribution in [-0.2, 0) is 4.79 Å². The highest BCUT2D eigenvalue weighted by Crippen LogP contribution is 2.26. The quantitative estimate of drug-likeness (QED) is 0.809. The summed E-state index contributed by atoms with van der Waals surface area (Å²) in [5.74, 6) is -0.202. The van der Waals surface area contributed by atoms with E-state index >= 15 is 0 Å². The fourth-order valence-corrected chi connectivity index (χ4v) is 2.22. The Balaban J connectivity index is 2.53. The fraction of sp³-hybridized carbons (Fsp3) is 0.846. The molecule has 0 spiro atoms. The Labute approximate surface area is 109 Å². The van der Waals surface area contributed by atoms with Gasteiger partial charge in [0.05, 0.1) is 6.42 Å². The predicted octanol–water partition coefficient (Wildman–Crippen LogP) is 2.07. The lowest BCUT2D eigenvalue weighted by Crippen LogP contribution is -2.55. The number of carboxylic acid groups (broad SMARTS) is 1. The van der Waals surface area contributed by atoms with Gasteiger partial charge in [-0.2, -0.15) is 0 Å². The Morgan fingerprint density at radius 2 is 1.89 bits per heavy atom. The van der Waals surface area contributed by atoms with Crippen LogP contribution in [0.3, 0.4) is 0 Å². The number of carbonyl (C=O) groups is 2. The first kappa shape index (κ1) is 14.8. The van der Waals surface area contributed by atoms with Gasteiger partial charge in [0.1, 0.15) is 0 Å². The summed E-state index contributed by atoms with van der Waals surface area (Å²) >= 11 is 0. The number of nitrogens with one attached hydrogen (secondary N) is 1. The molecule has 1 aliphatic rings. The van der Waals surface area contributed by atoms with Gasteiger partial charge in [-0.25, -0.2) is 4.79 Å². The number of carboxylic acids is 1. The molecule has 5 heteroatoms. The second kappa shape index (κ2) is 5.59. The number of aliphatic carboxylic acids is 1. The molecule has 1 fully saturated rings. The van der Waals surface area contributed by atoms with Gasteiger partial charge in [-0.15, -0.1) is 0 Å². The zero-order valence-corrected chi connectivity index (χ0v) is 11.7. The SMILES string of the molecule is CC1CC(NC(=O)N(CCC(=O)O)C(C)(C)C)C1. The largest absolute Gasteiger partial charge is 0.481 e. The summed E-state index contributed by atoms with van der Waals surface area (Å²) in [4.78, 5) is 24.4. The van der Waals surface area contributed by atoms with Crippen molar-refractivity contribution in [3.8, 4) is 0 Å². The van der Waals surface area contributed by atoms with Gasteiger partial charge < -0.3 is 15.3 Å². The molecule has 2 N–H and O–H groups in total. The van der Waals surface area contributed by atoms with E-state index in [9.17, 15) is 9.59 Å². The van der Waals surface area contributed by atoms with E-state index in [0.29, 0.717) is 5.92 Å². The fourth-order valence-electron chi connectivity index (χ4n) is 2.22. The molecule has 0 unspecified atom stereocenters. The summed E-state index contributed by atoms with van der Waals surface area (Å²) in [6.45, 7) is 8.15. The van der Waals surface area contributed by atoms with E-state index in [-0.39, 0.29) is 30.6 Å². The van der Waals surface area contributed by atoms with E-state index in [1.807, 2.05) is 20.8 Å². The van der Waals surface area contributed by atoms with Gasteiger partial charge in [0.15, 0.2) is 0 Å². The van der Waals surface area contributed by atoms with E-state index in [1.54, 1.807) is 4.90 Å². The molecule has 0 heterocycles. The van der Waals surface area contributed by atoms with Gasteiger partial charge in [-0.1, -0.05) is 6.92 Å². The molecule has 5 nitrogen and oxygen atoms in total. The van der Waals surface area contributed by atoms with Crippen LogP contribution in [0.25, 0.3) is 0 Å². The average molecular weight is 256 g/mol. The smallest absolute Gasteiger partial charge is 0.318 e. The number of urea groups is 1. The molecule has 0 radical (unpaired) electrons. The van der Waals surface area contributed by atoms with Gasteiger partial charge in [0, 0.05) is 18.1 Å². The van der Waals surface area contributed by atoms with Crippen LogP contribution >= 0.6 is 0 Å². The van der Waals surface area contributed by atoms with Crippen molar-refractivity contribution < 1.29 is 14.7 Å². The van der Waals surface area contributed by atoms with Gasteiger partial charge in [0.25, 0.3) is 0 Å². The van der Waals surface area contributed by atoms with Crippen molar-refractivity contribution in [2.24, 2.45) is 5.92 Å². The van der Waals surface area contributed by atoms with Crippen molar-refractivity contribution in [2.45, 2.75) is 58.5 Å². The van der Waals surface area contributed by atoms with Crippen LogP contribution in [0, 0.1) is 5.92 Å². The molecule has 0 aromatic heterocycles. The summed E-state index contributed by atoms with van der Waals surface area (Å²) in [7, 11) is 0. The molecule has 1 saturated carbocycles. The molecule has 0 aromatic rings. The minimum absolute atomic E-state index is 0.0221. The van der Waals surface area contributed by atoms with Crippen LogP contribution in [0.4, 0.5) is 4.79 Å². The van der Waals surface area contributed by atoms with Crippen molar-refractivity contribution >= 4 is 12.0 Å². The Bertz CT molecular complexity index is 317. The lowest BCUT2D eigenvalue weighted by molar-refractivity contribution is -0.137. The first-order chi connectivity index (χ1) is 8.20. The van der Waals surface area contributed by atoms with Crippen LogP contribution in [0.15, 0.2) is 0 Å². The molecule has 0 aliphatic heterocycles. The highest BCUT2D eigenvalue weighted by Gasteiger charge is 2.32. The lowest BCUT2D eigenvalue weighted by atomic mass is 9.82. The minimum atomic E-state index is -0.880. The molecule has 0 bridgehead atoms. The molecule has 104 valence electrons. The molecule has 18 heavy (non-hydrogen) atoms. The third-order valence-electron chi connectivity index (χ3n) is 3.31. The number of hydrogen-bond acceptors (Lipinski definition) is 2. The van der Waals surface area contributed by atoms with Crippen molar-refractivity contribution in [3.05, 3.63) is 0 Å². The van der Waals surface area contributed by atoms with E-state index in [0.717, 1.165) is 12.8 Å². The Morgan fingerprint density at radius 1 is 1.33 bits per heavy atom. The highest BCUT2D eigenvalue weighted by atomic mass is 16.4. The number of amides is 2. The summed E-state index contributed by atoms with van der Waals surface area (Å²) in [5.41, 5.74) is -0.366. The Hall–Kier alpha value is -1.26. The van der Waals surface area contributed by atoms with E-state index in [2.05, 4.69) is 12.2 Å². The number of carbonyl (C=O) groups excluding carboxylic acids is 1. The topological polar surface area (TPSA) is 69.6 Å². The molecular formula is C13H24N2O3. The molecule has 0 atom stereocenters. The second-order valence-electron chi connectivity index (χ2n) is 6.19. The van der Waals surface area contributed by atoms with E-state index in [4.69, 9.17) is 5.11 Å². The third-order valence-corrected chi connectivity index (χ3v) is 3.31. The number of hydrogen-bond donors (Lipinski definition) is 2. The first-order valence-corrected chi connectivity index (χ1v) is 6.50. The number of nitrogens with zero attached hydrogens (tertiary/aromatic N) is 1. The standard InChI is InChI=1S/C13H24N2O3/c1-9-7-10(8-9)14-12(18)15(13(2,3)4)6-5-11(16)17/h9-10H,5-8H2,1-4H3,(H,14,18)(H,16,17). The third kappa shape index (κ3) is 4.20. The van der Waals surface area contributed by atoms with Gasteiger partial charge in [-0.05, 0) is 39.5 Å². The molecular weight excluding hydrogens is 232 g/mol. The minimum Gasteiger partial charge on any atom is -0.481 e. The first-order valence-electron chi connectivity index (χ1n) is 6.50. The van der Waals surface area contributed by atoms with Crippen LogP contribution in [0.2, 0.25) is 0 Å². The number of rotatable bonds is 4. The lowest BCUT2D eigenvalue weighted by Gasteiger charge is -2.39. The van der Waals surface area contributed by atoms with Gasteiger partial charge >= 0.3 is 12.0 Å². The van der Waals surface area contributed by atoms with Crippen molar-refractivity contribution in [1.82, 2.24) is 10.2 Å². The Kier molecular flexibility index (Phi) is 4.59. The Morgan fingerprint density at radius 3 is 2.28 bits per heavy atom. The van der Waals surface area contributed by atoms with E-state index < -0.39 is 5.97 Å². The molecule has 1 aliphatic carbocycles. The zero-order chi connectivity index (χ0) is 13.9. The maximum atomic E-state index is 12.1. The normalized spacial score (nSPS) is 23.1. The molecule has 0 aromatic carbocycles. The maximum Gasteiger partial charge on any atom is 0.318 e. The van der Waals surface area contributed by atoms with E-state index in [1.165, 1.54) is 0 Å². The summed E-state index contributed by atoms with van der Waals surface area (Å²) in [6, 6.07) is 0.0998.